The molecular weight excluding hydrogens is 383 g/mol. The first-order valence-electron chi connectivity index (χ1n) is 9.78. The second-order valence-corrected chi connectivity index (χ2v) is 7.40. The SMILES string of the molecule is FC(F)(F)c1ccc(CN2CCC(Nc3nccc(N4CCOCC4)n3)C2)cc1. The van der Waals surface area contributed by atoms with Gasteiger partial charge in [-0.05, 0) is 30.2 Å². The number of nitrogens with one attached hydrogen (secondary N) is 1. The highest BCUT2D eigenvalue weighted by Crippen LogP contribution is 2.29. The normalized spacial score (nSPS) is 20.8. The van der Waals surface area contributed by atoms with E-state index in [4.69, 9.17) is 4.74 Å². The van der Waals surface area contributed by atoms with E-state index in [1.54, 1.807) is 18.3 Å². The van der Waals surface area contributed by atoms with Crippen molar-refractivity contribution in [2.45, 2.75) is 25.2 Å². The molecule has 9 heteroatoms. The van der Waals surface area contributed by atoms with Crippen LogP contribution in [0.5, 0.6) is 0 Å². The van der Waals surface area contributed by atoms with Gasteiger partial charge in [-0.1, -0.05) is 12.1 Å². The first-order valence-corrected chi connectivity index (χ1v) is 9.78. The summed E-state index contributed by atoms with van der Waals surface area (Å²) in [5, 5.41) is 3.39. The van der Waals surface area contributed by atoms with E-state index in [9.17, 15) is 13.2 Å². The lowest BCUT2D eigenvalue weighted by Gasteiger charge is -2.28. The van der Waals surface area contributed by atoms with E-state index in [1.165, 1.54) is 0 Å². The molecule has 0 saturated carbocycles. The number of hydrogen-bond acceptors (Lipinski definition) is 6. The van der Waals surface area contributed by atoms with Gasteiger partial charge in [-0.25, -0.2) is 4.98 Å². The lowest BCUT2D eigenvalue weighted by Crippen LogP contribution is -2.37. The molecule has 2 saturated heterocycles. The molecule has 1 aromatic heterocycles. The predicted molar refractivity (Wildman–Crippen MR) is 104 cm³/mol. The summed E-state index contributed by atoms with van der Waals surface area (Å²) in [5.41, 5.74) is 0.267. The Labute approximate surface area is 167 Å². The fraction of sp³-hybridized carbons (Fsp3) is 0.500. The van der Waals surface area contributed by atoms with E-state index >= 15 is 0 Å². The van der Waals surface area contributed by atoms with Crippen molar-refractivity contribution in [1.29, 1.82) is 0 Å². The highest BCUT2D eigenvalue weighted by molar-refractivity contribution is 5.43. The van der Waals surface area contributed by atoms with Crippen LogP contribution < -0.4 is 10.2 Å². The zero-order valence-electron chi connectivity index (χ0n) is 16.0. The van der Waals surface area contributed by atoms with Gasteiger partial charge in [0.15, 0.2) is 0 Å². The summed E-state index contributed by atoms with van der Waals surface area (Å²) >= 11 is 0. The van der Waals surface area contributed by atoms with Gasteiger partial charge in [-0.15, -0.1) is 0 Å². The number of aromatic nitrogens is 2. The van der Waals surface area contributed by atoms with Crippen molar-refractivity contribution < 1.29 is 17.9 Å². The van der Waals surface area contributed by atoms with Crippen LogP contribution in [0.2, 0.25) is 0 Å². The number of anilines is 2. The quantitative estimate of drug-likeness (QED) is 0.823. The van der Waals surface area contributed by atoms with Gasteiger partial charge in [0.25, 0.3) is 0 Å². The highest BCUT2D eigenvalue weighted by Gasteiger charge is 2.30. The molecule has 2 aliphatic rings. The molecule has 3 heterocycles. The van der Waals surface area contributed by atoms with Crippen LogP contribution in [0.15, 0.2) is 36.5 Å². The van der Waals surface area contributed by atoms with Crippen molar-refractivity contribution >= 4 is 11.8 Å². The number of halogens is 3. The highest BCUT2D eigenvalue weighted by atomic mass is 19.4. The fourth-order valence-corrected chi connectivity index (χ4v) is 3.72. The smallest absolute Gasteiger partial charge is 0.378 e. The number of nitrogens with zero attached hydrogens (tertiary/aromatic N) is 4. The summed E-state index contributed by atoms with van der Waals surface area (Å²) < 4.78 is 43.5. The maximum absolute atomic E-state index is 12.7. The monoisotopic (exact) mass is 407 g/mol. The molecule has 2 fully saturated rings. The number of hydrogen-bond donors (Lipinski definition) is 1. The van der Waals surface area contributed by atoms with E-state index < -0.39 is 11.7 Å². The van der Waals surface area contributed by atoms with Crippen LogP contribution in [0, 0.1) is 0 Å². The van der Waals surface area contributed by atoms with E-state index in [2.05, 4.69) is 25.1 Å². The Morgan fingerprint density at radius 2 is 1.83 bits per heavy atom. The summed E-state index contributed by atoms with van der Waals surface area (Å²) in [4.78, 5) is 13.4. The lowest BCUT2D eigenvalue weighted by atomic mass is 10.1. The molecule has 4 rings (SSSR count). The minimum absolute atomic E-state index is 0.212. The Bertz CT molecular complexity index is 809. The average Bonchev–Trinajstić information content (AvgIpc) is 3.15. The van der Waals surface area contributed by atoms with Gasteiger partial charge in [0.1, 0.15) is 5.82 Å². The van der Waals surface area contributed by atoms with Crippen LogP contribution in [0.1, 0.15) is 17.5 Å². The Balaban J connectivity index is 1.31. The molecule has 1 atom stereocenters. The molecule has 6 nitrogen and oxygen atoms in total. The zero-order valence-corrected chi connectivity index (χ0v) is 16.0. The third kappa shape index (κ3) is 5.16. The molecule has 1 unspecified atom stereocenters. The molecule has 2 aliphatic heterocycles. The number of rotatable bonds is 5. The summed E-state index contributed by atoms with van der Waals surface area (Å²) in [6.07, 6.45) is -1.60. The van der Waals surface area contributed by atoms with Gasteiger partial charge < -0.3 is 15.0 Å². The van der Waals surface area contributed by atoms with Crippen LogP contribution in [0.25, 0.3) is 0 Å². The zero-order chi connectivity index (χ0) is 20.3. The Morgan fingerprint density at radius 1 is 1.07 bits per heavy atom. The van der Waals surface area contributed by atoms with Crippen molar-refractivity contribution in [3.8, 4) is 0 Å². The summed E-state index contributed by atoms with van der Waals surface area (Å²) in [6, 6.07) is 7.52. The summed E-state index contributed by atoms with van der Waals surface area (Å²) in [5.74, 6) is 1.50. The van der Waals surface area contributed by atoms with E-state index in [0.29, 0.717) is 25.7 Å². The van der Waals surface area contributed by atoms with Crippen molar-refractivity contribution in [1.82, 2.24) is 14.9 Å². The Kier molecular flexibility index (Phi) is 5.86. The second-order valence-electron chi connectivity index (χ2n) is 7.40. The molecule has 0 aliphatic carbocycles. The maximum atomic E-state index is 12.7. The number of likely N-dealkylation sites (tertiary alicyclic amines) is 1. The van der Waals surface area contributed by atoms with Gasteiger partial charge >= 0.3 is 6.18 Å². The molecule has 0 radical (unpaired) electrons. The molecule has 0 amide bonds. The second kappa shape index (κ2) is 8.54. The van der Waals surface area contributed by atoms with Crippen LogP contribution in [-0.2, 0) is 17.5 Å². The van der Waals surface area contributed by atoms with E-state index in [0.717, 1.165) is 56.1 Å². The van der Waals surface area contributed by atoms with Gasteiger partial charge in [0.05, 0.1) is 18.8 Å². The molecule has 156 valence electrons. The number of benzene rings is 1. The number of alkyl halides is 3. The molecular formula is C20H24F3N5O. The van der Waals surface area contributed by atoms with Crippen molar-refractivity contribution in [2.75, 3.05) is 49.6 Å². The minimum atomic E-state index is -4.29. The van der Waals surface area contributed by atoms with Gasteiger partial charge in [-0.3, -0.25) is 4.90 Å². The number of morpholine rings is 1. The first kappa shape index (κ1) is 19.9. The molecule has 0 bridgehead atoms. The molecule has 1 N–H and O–H groups in total. The average molecular weight is 407 g/mol. The van der Waals surface area contributed by atoms with E-state index in [-0.39, 0.29) is 6.04 Å². The Hall–Kier alpha value is -2.39. The molecule has 1 aromatic carbocycles. The van der Waals surface area contributed by atoms with Crippen LogP contribution in [0.3, 0.4) is 0 Å². The van der Waals surface area contributed by atoms with Crippen molar-refractivity contribution in [2.24, 2.45) is 0 Å². The minimum Gasteiger partial charge on any atom is -0.378 e. The van der Waals surface area contributed by atoms with Crippen molar-refractivity contribution in [3.63, 3.8) is 0 Å². The topological polar surface area (TPSA) is 53.5 Å². The van der Waals surface area contributed by atoms with Gasteiger partial charge in [-0.2, -0.15) is 18.2 Å². The standard InChI is InChI=1S/C20H24F3N5O/c21-20(22,23)16-3-1-15(2-4-16)13-27-8-6-17(14-27)25-19-24-7-5-18(26-19)28-9-11-29-12-10-28/h1-5,7,17H,6,8-14H2,(H,24,25,26). The predicted octanol–water partition coefficient (Wildman–Crippen LogP) is 3.02. The number of ether oxygens (including phenoxy) is 1. The first-order chi connectivity index (χ1) is 14.0. The van der Waals surface area contributed by atoms with Crippen LogP contribution in [0.4, 0.5) is 24.9 Å². The fourth-order valence-electron chi connectivity index (χ4n) is 3.72. The van der Waals surface area contributed by atoms with Crippen LogP contribution >= 0.6 is 0 Å². The summed E-state index contributed by atoms with van der Waals surface area (Å²) in [7, 11) is 0. The van der Waals surface area contributed by atoms with E-state index in [1.807, 2.05) is 6.07 Å². The third-order valence-corrected chi connectivity index (χ3v) is 5.27. The lowest BCUT2D eigenvalue weighted by molar-refractivity contribution is -0.137. The van der Waals surface area contributed by atoms with Crippen molar-refractivity contribution in [3.05, 3.63) is 47.7 Å². The molecule has 0 spiro atoms. The van der Waals surface area contributed by atoms with Gasteiger partial charge in [0, 0.05) is 45.0 Å². The molecule has 2 aromatic rings. The molecule has 29 heavy (non-hydrogen) atoms. The van der Waals surface area contributed by atoms with Gasteiger partial charge in [0.2, 0.25) is 5.95 Å². The largest absolute Gasteiger partial charge is 0.416 e. The maximum Gasteiger partial charge on any atom is 0.416 e. The summed E-state index contributed by atoms with van der Waals surface area (Å²) in [6.45, 7) is 5.35. The Morgan fingerprint density at radius 3 is 2.55 bits per heavy atom. The third-order valence-electron chi connectivity index (χ3n) is 5.27. The van der Waals surface area contributed by atoms with Crippen LogP contribution in [-0.4, -0.2) is 60.3 Å².